The zero-order chi connectivity index (χ0) is 27.2. The van der Waals surface area contributed by atoms with E-state index < -0.39 is 0 Å². The highest BCUT2D eigenvalue weighted by Crippen LogP contribution is 2.42. The van der Waals surface area contributed by atoms with E-state index in [0.29, 0.717) is 13.1 Å². The van der Waals surface area contributed by atoms with E-state index in [-0.39, 0.29) is 29.3 Å². The molecule has 0 N–H and O–H groups in total. The summed E-state index contributed by atoms with van der Waals surface area (Å²) in [4.78, 5) is 33.4. The number of benzene rings is 3. The Morgan fingerprint density at radius 2 is 1.21 bits per heavy atom. The minimum Gasteiger partial charge on any atom is -0.303 e. The lowest BCUT2D eigenvalue weighted by Gasteiger charge is -2.44. The van der Waals surface area contributed by atoms with Crippen LogP contribution in [0.25, 0.3) is 0 Å². The highest BCUT2D eigenvalue weighted by molar-refractivity contribution is 6.02. The number of carbonyl (C=O) groups is 2. The van der Waals surface area contributed by atoms with Crippen molar-refractivity contribution in [2.45, 2.75) is 45.4 Å². The predicted molar refractivity (Wildman–Crippen MR) is 159 cm³/mol. The summed E-state index contributed by atoms with van der Waals surface area (Å²) >= 11 is 0. The molecule has 2 atom stereocenters. The molecule has 0 aromatic heterocycles. The Morgan fingerprint density at radius 3 is 1.77 bits per heavy atom. The van der Waals surface area contributed by atoms with Crippen LogP contribution in [0.5, 0.6) is 0 Å². The lowest BCUT2D eigenvalue weighted by Crippen LogP contribution is -2.51. The first-order valence-electron chi connectivity index (χ1n) is 14.7. The molecule has 0 bridgehead atoms. The van der Waals surface area contributed by atoms with Crippen LogP contribution in [0.15, 0.2) is 78.9 Å². The van der Waals surface area contributed by atoms with Crippen molar-refractivity contribution < 1.29 is 9.59 Å². The second-order valence-electron chi connectivity index (χ2n) is 11.5. The Bertz CT molecular complexity index is 1190. The molecular weight excluding hydrogens is 480 g/mol. The Hall–Kier alpha value is -3.08. The monoisotopic (exact) mass is 522 g/mol. The van der Waals surface area contributed by atoms with Gasteiger partial charge in [-0.3, -0.25) is 9.59 Å². The van der Waals surface area contributed by atoms with E-state index in [0.717, 1.165) is 36.2 Å². The van der Waals surface area contributed by atoms with Crippen molar-refractivity contribution in [1.82, 2.24) is 9.80 Å². The topological polar surface area (TPSA) is 40.6 Å². The fourth-order valence-electron chi connectivity index (χ4n) is 6.72. The van der Waals surface area contributed by atoms with Gasteiger partial charge in [-0.1, -0.05) is 85.3 Å². The third-order valence-electron chi connectivity index (χ3n) is 8.97. The van der Waals surface area contributed by atoms with E-state index in [2.05, 4.69) is 41.8 Å². The molecule has 2 heterocycles. The Morgan fingerprint density at radius 1 is 0.667 bits per heavy atom. The summed E-state index contributed by atoms with van der Waals surface area (Å²) in [6, 6.07) is 25.7. The predicted octanol–water partition coefficient (Wildman–Crippen LogP) is 6.58. The van der Waals surface area contributed by atoms with Gasteiger partial charge in [-0.05, 0) is 76.0 Å². The maximum atomic E-state index is 14.2. The average molecular weight is 523 g/mol. The highest BCUT2D eigenvalue weighted by Gasteiger charge is 2.45. The molecule has 0 amide bonds. The Kier molecular flexibility index (Phi) is 9.06. The number of ketones is 2. The minimum atomic E-state index is -0.283. The van der Waals surface area contributed by atoms with E-state index in [1.807, 2.05) is 60.7 Å². The van der Waals surface area contributed by atoms with E-state index in [9.17, 15) is 9.59 Å². The van der Waals surface area contributed by atoms with Gasteiger partial charge in [-0.25, -0.2) is 0 Å². The molecule has 4 nitrogen and oxygen atoms in total. The molecule has 2 aliphatic heterocycles. The lowest BCUT2D eigenvalue weighted by molar-refractivity contribution is 0.0561. The van der Waals surface area contributed by atoms with Crippen molar-refractivity contribution in [3.05, 3.63) is 107 Å². The zero-order valence-corrected chi connectivity index (χ0v) is 23.5. The minimum absolute atomic E-state index is 0.146. The van der Waals surface area contributed by atoms with E-state index in [4.69, 9.17) is 0 Å². The van der Waals surface area contributed by atoms with Crippen LogP contribution in [0.2, 0.25) is 0 Å². The maximum Gasteiger partial charge on any atom is 0.167 e. The van der Waals surface area contributed by atoms with Crippen LogP contribution in [0.1, 0.15) is 69.0 Å². The van der Waals surface area contributed by atoms with Crippen molar-refractivity contribution in [2.24, 2.45) is 11.8 Å². The normalized spacial score (nSPS) is 22.5. The smallest absolute Gasteiger partial charge is 0.167 e. The first kappa shape index (κ1) is 27.5. The number of hydrogen-bond donors (Lipinski definition) is 0. The number of likely N-dealkylation sites (tertiary alicyclic amines) is 2. The van der Waals surface area contributed by atoms with Gasteiger partial charge in [0.05, 0.1) is 0 Å². The molecule has 204 valence electrons. The summed E-state index contributed by atoms with van der Waals surface area (Å²) in [5.41, 5.74) is 5.01. The Labute approximate surface area is 234 Å². The second kappa shape index (κ2) is 12.8. The summed E-state index contributed by atoms with van der Waals surface area (Å²) in [6.07, 6.45) is 4.99. The molecule has 2 unspecified atom stereocenters. The molecule has 4 heteroatoms. The van der Waals surface area contributed by atoms with E-state index in [1.54, 1.807) is 0 Å². The van der Waals surface area contributed by atoms with Crippen molar-refractivity contribution in [1.29, 1.82) is 0 Å². The van der Waals surface area contributed by atoms with Crippen LogP contribution in [0, 0.1) is 25.7 Å². The summed E-state index contributed by atoms with van der Waals surface area (Å²) < 4.78 is 0. The van der Waals surface area contributed by atoms with Crippen LogP contribution in [0.3, 0.4) is 0 Å². The number of Topliss-reactive ketones (excluding diaryl/α,β-unsaturated/α-hetero) is 2. The fraction of sp³-hybridized carbons (Fsp3) is 0.429. The molecule has 0 saturated carbocycles. The van der Waals surface area contributed by atoms with Crippen LogP contribution >= 0.6 is 0 Å². The van der Waals surface area contributed by atoms with Gasteiger partial charge in [0.25, 0.3) is 0 Å². The van der Waals surface area contributed by atoms with Gasteiger partial charge < -0.3 is 9.80 Å². The molecule has 0 spiro atoms. The van der Waals surface area contributed by atoms with E-state index in [1.165, 1.54) is 43.5 Å². The standard InChI is InChI=1S/C35H42N2O2/c1-26-14-12-19-30(27(26)2)33-31(34(38)28-15-6-3-7-16-28)24-37(23-13-22-36-20-10-5-11-21-36)25-32(33)35(39)29-17-8-4-9-18-29/h3-4,6-9,12,14-19,31-33H,5,10-11,13,20-25H2,1-2H3. The lowest BCUT2D eigenvalue weighted by atomic mass is 9.67. The molecule has 3 aromatic rings. The van der Waals surface area contributed by atoms with Gasteiger partial charge in [-0.15, -0.1) is 0 Å². The highest BCUT2D eigenvalue weighted by atomic mass is 16.1. The summed E-state index contributed by atoms with van der Waals surface area (Å²) in [5.74, 6) is -0.437. The number of hydrogen-bond acceptors (Lipinski definition) is 4. The van der Waals surface area contributed by atoms with Crippen LogP contribution in [-0.2, 0) is 0 Å². The quantitative estimate of drug-likeness (QED) is 0.298. The fourth-order valence-corrected chi connectivity index (χ4v) is 6.72. The van der Waals surface area contributed by atoms with Crippen molar-refractivity contribution in [3.8, 4) is 0 Å². The van der Waals surface area contributed by atoms with Crippen LogP contribution in [-0.4, -0.2) is 60.6 Å². The van der Waals surface area contributed by atoms with Gasteiger partial charge in [0.1, 0.15) is 0 Å². The molecule has 2 aliphatic rings. The first-order chi connectivity index (χ1) is 19.0. The molecule has 2 saturated heterocycles. The molecule has 3 aromatic carbocycles. The SMILES string of the molecule is Cc1cccc(C2C(C(=O)c3ccccc3)CN(CCCN3CCCCC3)CC2C(=O)c2ccccc2)c1C. The Balaban J connectivity index is 1.50. The molecule has 0 aliphatic carbocycles. The van der Waals surface area contributed by atoms with Gasteiger partial charge in [-0.2, -0.15) is 0 Å². The molecular formula is C35H42N2O2. The third-order valence-corrected chi connectivity index (χ3v) is 8.97. The number of nitrogens with zero attached hydrogens (tertiary/aromatic N) is 2. The molecule has 5 rings (SSSR count). The van der Waals surface area contributed by atoms with Gasteiger partial charge in [0, 0.05) is 42.0 Å². The van der Waals surface area contributed by atoms with Crippen molar-refractivity contribution in [2.75, 3.05) is 39.3 Å². The average Bonchev–Trinajstić information content (AvgIpc) is 2.99. The molecule has 2 fully saturated rings. The number of rotatable bonds is 9. The first-order valence-corrected chi connectivity index (χ1v) is 14.7. The van der Waals surface area contributed by atoms with Gasteiger partial charge >= 0.3 is 0 Å². The molecule has 0 radical (unpaired) electrons. The van der Waals surface area contributed by atoms with Gasteiger partial charge in [0.15, 0.2) is 11.6 Å². The second-order valence-corrected chi connectivity index (χ2v) is 11.5. The van der Waals surface area contributed by atoms with Crippen LogP contribution < -0.4 is 0 Å². The van der Waals surface area contributed by atoms with Gasteiger partial charge in [0.2, 0.25) is 0 Å². The molecule has 39 heavy (non-hydrogen) atoms. The van der Waals surface area contributed by atoms with E-state index >= 15 is 0 Å². The summed E-state index contributed by atoms with van der Waals surface area (Å²) in [5, 5.41) is 0. The van der Waals surface area contributed by atoms with Crippen molar-refractivity contribution in [3.63, 3.8) is 0 Å². The number of aryl methyl sites for hydroxylation is 1. The summed E-state index contributed by atoms with van der Waals surface area (Å²) in [6.45, 7) is 10.0. The largest absolute Gasteiger partial charge is 0.303 e. The number of piperidine rings is 2. The van der Waals surface area contributed by atoms with Crippen LogP contribution in [0.4, 0.5) is 0 Å². The third kappa shape index (κ3) is 6.40. The number of carbonyl (C=O) groups excluding carboxylic acids is 2. The summed E-state index contributed by atoms with van der Waals surface area (Å²) in [7, 11) is 0. The maximum absolute atomic E-state index is 14.2. The van der Waals surface area contributed by atoms with Crippen molar-refractivity contribution >= 4 is 11.6 Å². The zero-order valence-electron chi connectivity index (χ0n) is 23.5.